The molecule has 1 fully saturated rings. The molecule has 0 radical (unpaired) electrons. The number of anilines is 4. The number of piperazine rings is 1. The van der Waals surface area contributed by atoms with Gasteiger partial charge in [0.15, 0.2) is 11.5 Å². The van der Waals surface area contributed by atoms with Crippen molar-refractivity contribution in [1.82, 2.24) is 19.8 Å². The highest BCUT2D eigenvalue weighted by Crippen LogP contribution is 2.49. The number of para-hydroxylation sites is 1. The number of likely N-dealkylation sites (N-methyl/N-ethyl adjacent to an activating group) is 1. The first-order chi connectivity index (χ1) is 27.7. The standard InChI is InChI=1S/C22H23N3O4.C21H24F3N3S/c1-4-16-6-5-7-17(12-16)25-22-18-13-20(28-10-8-26-2)21(29-11-9-27-3)14-19(18)23-15-24-22;1-25-11-13-26(14-12-25)9-4-10-27-17-5-2-3-6-19(17)28-20-8-7-16(15-18(20)27)21(22,23)24/h1,5-7,12-15H,8-11H2,2-3H3,(H,23,24,25);2-3,5-8,15H,4,9-14H2,1H3. The fourth-order valence-corrected chi connectivity index (χ4v) is 7.53. The van der Waals surface area contributed by atoms with Crippen LogP contribution in [0.25, 0.3) is 10.9 Å². The van der Waals surface area contributed by atoms with Gasteiger partial charge in [0.1, 0.15) is 25.4 Å². The van der Waals surface area contributed by atoms with Gasteiger partial charge in [-0.3, -0.25) is 0 Å². The number of fused-ring (bicyclic) bond motifs is 3. The molecule has 14 heteroatoms. The maximum absolute atomic E-state index is 13.3. The van der Waals surface area contributed by atoms with Crippen LogP contribution in [0.5, 0.6) is 11.5 Å². The van der Waals surface area contributed by atoms with Crippen molar-refractivity contribution in [1.29, 1.82) is 0 Å². The molecule has 1 saturated heterocycles. The summed E-state index contributed by atoms with van der Waals surface area (Å²) in [7, 11) is 5.38. The second kappa shape index (κ2) is 19.9. The lowest BCUT2D eigenvalue weighted by atomic mass is 10.1. The molecule has 0 bridgehead atoms. The van der Waals surface area contributed by atoms with Gasteiger partial charge in [-0.1, -0.05) is 35.9 Å². The van der Waals surface area contributed by atoms with Gasteiger partial charge in [-0.15, -0.1) is 6.42 Å². The number of halogens is 3. The number of nitrogens with zero attached hydrogens (tertiary/aromatic N) is 5. The van der Waals surface area contributed by atoms with Gasteiger partial charge in [-0.05, 0) is 74.6 Å². The fourth-order valence-electron chi connectivity index (χ4n) is 6.45. The van der Waals surface area contributed by atoms with Crippen molar-refractivity contribution >= 4 is 45.5 Å². The van der Waals surface area contributed by atoms with E-state index in [1.54, 1.807) is 32.0 Å². The number of hydrogen-bond donors (Lipinski definition) is 1. The molecule has 300 valence electrons. The summed E-state index contributed by atoms with van der Waals surface area (Å²) < 4.78 is 61.6. The van der Waals surface area contributed by atoms with Gasteiger partial charge in [0.05, 0.1) is 35.7 Å². The van der Waals surface area contributed by atoms with Crippen LogP contribution < -0.4 is 19.7 Å². The largest absolute Gasteiger partial charge is 0.487 e. The number of terminal acetylenes is 1. The minimum Gasteiger partial charge on any atom is -0.487 e. The molecule has 0 amide bonds. The van der Waals surface area contributed by atoms with Crippen molar-refractivity contribution in [2.75, 3.05) is 97.2 Å². The van der Waals surface area contributed by atoms with Crippen LogP contribution in [-0.4, -0.2) is 107 Å². The van der Waals surface area contributed by atoms with E-state index in [2.05, 4.69) is 43.0 Å². The normalized spacial score (nSPS) is 14.2. The van der Waals surface area contributed by atoms with Gasteiger partial charge in [0, 0.05) is 79.4 Å². The Hall–Kier alpha value is -5.04. The van der Waals surface area contributed by atoms with E-state index in [1.807, 2.05) is 60.7 Å². The van der Waals surface area contributed by atoms with Crippen molar-refractivity contribution in [3.05, 3.63) is 96.3 Å². The zero-order valence-corrected chi connectivity index (χ0v) is 33.2. The third-order valence-electron chi connectivity index (χ3n) is 9.49. The Kier molecular flexibility index (Phi) is 14.5. The van der Waals surface area contributed by atoms with E-state index in [1.165, 1.54) is 18.5 Å². The van der Waals surface area contributed by atoms with E-state index in [0.717, 1.165) is 76.8 Å². The quantitative estimate of drug-likeness (QED) is 0.0870. The van der Waals surface area contributed by atoms with E-state index in [0.29, 0.717) is 56.0 Å². The molecule has 0 atom stereocenters. The number of benzene rings is 4. The summed E-state index contributed by atoms with van der Waals surface area (Å²) >= 11 is 1.54. The third-order valence-corrected chi connectivity index (χ3v) is 10.6. The number of hydrogen-bond acceptors (Lipinski definition) is 11. The van der Waals surface area contributed by atoms with E-state index >= 15 is 0 Å². The number of ether oxygens (including phenoxy) is 4. The molecule has 2 aliphatic rings. The van der Waals surface area contributed by atoms with Gasteiger partial charge in [-0.2, -0.15) is 13.2 Å². The molecular weight excluding hydrogens is 754 g/mol. The summed E-state index contributed by atoms with van der Waals surface area (Å²) in [4.78, 5) is 17.6. The average Bonchev–Trinajstić information content (AvgIpc) is 3.21. The topological polar surface area (TPSA) is 84.5 Å². The Balaban J connectivity index is 0.000000193. The van der Waals surface area contributed by atoms with Gasteiger partial charge in [-0.25, -0.2) is 9.97 Å². The summed E-state index contributed by atoms with van der Waals surface area (Å²) in [5.74, 6) is 4.44. The molecule has 1 N–H and O–H groups in total. The predicted octanol–water partition coefficient (Wildman–Crippen LogP) is 8.35. The summed E-state index contributed by atoms with van der Waals surface area (Å²) in [5.41, 5.74) is 3.42. The molecule has 0 saturated carbocycles. The molecule has 10 nitrogen and oxygen atoms in total. The first-order valence-electron chi connectivity index (χ1n) is 18.7. The SMILES string of the molecule is C#Cc1cccc(Nc2ncnc3cc(OCCOC)c(OCCOC)cc23)c1.CN1CCN(CCCN2c3ccccc3Sc3ccc(C(F)(F)F)cc32)CC1. The Bertz CT molecular complexity index is 2140. The van der Waals surface area contributed by atoms with Crippen molar-refractivity contribution in [2.24, 2.45) is 0 Å². The zero-order valence-electron chi connectivity index (χ0n) is 32.3. The van der Waals surface area contributed by atoms with Crippen LogP contribution >= 0.6 is 11.8 Å². The molecule has 0 aliphatic carbocycles. The van der Waals surface area contributed by atoms with Gasteiger partial charge < -0.3 is 39.0 Å². The fraction of sp³-hybridized carbons (Fsp3) is 0.349. The van der Waals surface area contributed by atoms with Crippen LogP contribution in [0, 0.1) is 12.3 Å². The van der Waals surface area contributed by atoms with Gasteiger partial charge >= 0.3 is 6.18 Å². The van der Waals surface area contributed by atoms with Gasteiger partial charge in [0.2, 0.25) is 0 Å². The lowest BCUT2D eigenvalue weighted by Crippen LogP contribution is -2.45. The Labute approximate surface area is 336 Å². The summed E-state index contributed by atoms with van der Waals surface area (Å²) in [6.07, 6.45) is 3.58. The molecular formula is C43H47F3N6O4S. The molecule has 3 heterocycles. The molecule has 7 rings (SSSR count). The van der Waals surface area contributed by atoms with Crippen LogP contribution in [0.4, 0.5) is 36.1 Å². The zero-order chi connectivity index (χ0) is 40.2. The molecule has 0 spiro atoms. The van der Waals surface area contributed by atoms with E-state index < -0.39 is 11.7 Å². The smallest absolute Gasteiger partial charge is 0.416 e. The molecule has 0 unspecified atom stereocenters. The first kappa shape index (κ1) is 41.6. The van der Waals surface area contributed by atoms with E-state index in [-0.39, 0.29) is 0 Å². The van der Waals surface area contributed by atoms with Crippen molar-refractivity contribution in [3.8, 4) is 23.8 Å². The van der Waals surface area contributed by atoms with E-state index in [9.17, 15) is 13.2 Å². The molecule has 2 aliphatic heterocycles. The van der Waals surface area contributed by atoms with Crippen molar-refractivity contribution < 1.29 is 32.1 Å². The minimum absolute atomic E-state index is 0.392. The summed E-state index contributed by atoms with van der Waals surface area (Å²) in [5, 5.41) is 4.10. The van der Waals surface area contributed by atoms with Crippen LogP contribution in [0.1, 0.15) is 17.5 Å². The molecule has 5 aromatic rings. The maximum Gasteiger partial charge on any atom is 0.416 e. The number of nitrogens with one attached hydrogen (secondary N) is 1. The van der Waals surface area contributed by atoms with Crippen LogP contribution in [0.15, 0.2) is 95.0 Å². The number of rotatable bonds is 14. The number of aromatic nitrogens is 2. The maximum atomic E-state index is 13.3. The predicted molar refractivity (Wildman–Crippen MR) is 220 cm³/mol. The number of methoxy groups -OCH3 is 2. The molecule has 57 heavy (non-hydrogen) atoms. The highest BCUT2D eigenvalue weighted by Gasteiger charge is 2.33. The van der Waals surface area contributed by atoms with Crippen LogP contribution in [0.3, 0.4) is 0 Å². The number of alkyl halides is 3. The lowest BCUT2D eigenvalue weighted by molar-refractivity contribution is -0.137. The first-order valence-corrected chi connectivity index (χ1v) is 19.5. The van der Waals surface area contributed by atoms with Crippen LogP contribution in [-0.2, 0) is 15.7 Å². The monoisotopic (exact) mass is 800 g/mol. The summed E-state index contributed by atoms with van der Waals surface area (Å²) in [6, 6.07) is 23.3. The van der Waals surface area contributed by atoms with Crippen molar-refractivity contribution in [3.63, 3.8) is 0 Å². The Morgan fingerprint density at radius 2 is 1.51 bits per heavy atom. The minimum atomic E-state index is -4.33. The third kappa shape index (κ3) is 11.1. The van der Waals surface area contributed by atoms with Crippen molar-refractivity contribution in [2.45, 2.75) is 22.4 Å². The second-order valence-corrected chi connectivity index (χ2v) is 14.6. The Morgan fingerprint density at radius 3 is 2.23 bits per heavy atom. The lowest BCUT2D eigenvalue weighted by Gasteiger charge is -2.35. The molecule has 4 aromatic carbocycles. The second-order valence-electron chi connectivity index (χ2n) is 13.5. The summed E-state index contributed by atoms with van der Waals surface area (Å²) in [6.45, 7) is 7.65. The highest BCUT2D eigenvalue weighted by atomic mass is 32.2. The Morgan fingerprint density at radius 1 is 0.789 bits per heavy atom. The highest BCUT2D eigenvalue weighted by molar-refractivity contribution is 7.99. The van der Waals surface area contributed by atoms with Crippen LogP contribution in [0.2, 0.25) is 0 Å². The molecule has 1 aromatic heterocycles. The average molecular weight is 801 g/mol. The van der Waals surface area contributed by atoms with E-state index in [4.69, 9.17) is 25.4 Å². The van der Waals surface area contributed by atoms with Gasteiger partial charge in [0.25, 0.3) is 0 Å².